The maximum Gasteiger partial charge on any atom is 0.303 e. The number of carbonyl (C=O) groups is 1. The van der Waals surface area contributed by atoms with Crippen molar-refractivity contribution in [1.29, 1.82) is 0 Å². The maximum atomic E-state index is 11.4. The molecular formula is C29H30O3. The van der Waals surface area contributed by atoms with Gasteiger partial charge in [-0.15, -0.1) is 0 Å². The first-order valence-electron chi connectivity index (χ1n) is 11.5. The molecule has 0 aliphatic heterocycles. The topological polar surface area (TPSA) is 46.5 Å². The molecule has 0 bridgehead atoms. The number of ether oxygens (including phenoxy) is 1. The Morgan fingerprint density at radius 1 is 1.03 bits per heavy atom. The lowest BCUT2D eigenvalue weighted by Crippen LogP contribution is -2.13. The Bertz CT molecular complexity index is 1180. The molecule has 0 heterocycles. The van der Waals surface area contributed by atoms with Gasteiger partial charge in [0, 0.05) is 5.92 Å². The molecule has 2 aliphatic rings. The molecule has 0 aromatic heterocycles. The number of hydrogen-bond donors (Lipinski definition) is 1. The fraction of sp³-hybridized carbons (Fsp3) is 0.345. The van der Waals surface area contributed by atoms with Crippen LogP contribution in [0.25, 0.3) is 11.1 Å². The maximum absolute atomic E-state index is 11.4. The second kappa shape index (κ2) is 7.81. The third-order valence-corrected chi connectivity index (χ3v) is 7.63. The minimum absolute atomic E-state index is 0.153. The summed E-state index contributed by atoms with van der Waals surface area (Å²) >= 11 is 0. The number of aliphatic carboxylic acids is 1. The third kappa shape index (κ3) is 3.60. The molecule has 5 rings (SSSR count). The molecule has 3 nitrogen and oxygen atoms in total. The van der Waals surface area contributed by atoms with E-state index in [4.69, 9.17) is 4.74 Å². The molecule has 1 spiro atoms. The predicted molar refractivity (Wildman–Crippen MR) is 127 cm³/mol. The summed E-state index contributed by atoms with van der Waals surface area (Å²) in [5.41, 5.74) is 10.3. The number of rotatable bonds is 6. The summed E-state index contributed by atoms with van der Waals surface area (Å²) in [5.74, 6) is 0.321. The van der Waals surface area contributed by atoms with Crippen LogP contribution in [0.15, 0.2) is 54.6 Å². The van der Waals surface area contributed by atoms with Crippen molar-refractivity contribution in [2.45, 2.75) is 59.0 Å². The van der Waals surface area contributed by atoms with Crippen molar-refractivity contribution in [2.75, 3.05) is 0 Å². The summed E-state index contributed by atoms with van der Waals surface area (Å²) in [6.45, 7) is 7.03. The molecule has 32 heavy (non-hydrogen) atoms. The summed E-state index contributed by atoms with van der Waals surface area (Å²) in [5, 5.41) is 9.36. The molecule has 3 heteroatoms. The van der Waals surface area contributed by atoms with Crippen molar-refractivity contribution >= 4 is 5.97 Å². The molecule has 1 atom stereocenters. The second-order valence-electron chi connectivity index (χ2n) is 9.70. The Kier molecular flexibility index (Phi) is 5.08. The molecule has 3 aromatic rings. The molecule has 0 amide bonds. The van der Waals surface area contributed by atoms with Gasteiger partial charge in [-0.25, -0.2) is 0 Å². The standard InChI is InChI=1S/C29H30O3/c1-18-6-4-7-19(2)28(18)24-9-5-8-21(20(24)3)17-32-23-10-11-25-22(14-23)16-29(12-13-29)26(25)15-27(30)31/h4-11,14,26H,12-13,15-17H2,1-3H3,(H,30,31). The van der Waals surface area contributed by atoms with Crippen LogP contribution in [0.2, 0.25) is 0 Å². The zero-order valence-electron chi connectivity index (χ0n) is 19.1. The van der Waals surface area contributed by atoms with Crippen LogP contribution in [-0.2, 0) is 17.8 Å². The van der Waals surface area contributed by atoms with Gasteiger partial charge >= 0.3 is 5.97 Å². The van der Waals surface area contributed by atoms with Crippen LogP contribution in [0.5, 0.6) is 5.75 Å². The Labute approximate surface area is 190 Å². The summed E-state index contributed by atoms with van der Waals surface area (Å²) in [4.78, 5) is 11.4. The second-order valence-corrected chi connectivity index (χ2v) is 9.70. The highest BCUT2D eigenvalue weighted by atomic mass is 16.5. The van der Waals surface area contributed by atoms with Gasteiger partial charge in [-0.2, -0.15) is 0 Å². The minimum atomic E-state index is -0.700. The molecule has 1 fully saturated rings. The molecule has 0 saturated heterocycles. The van der Waals surface area contributed by atoms with Crippen molar-refractivity contribution in [1.82, 2.24) is 0 Å². The van der Waals surface area contributed by atoms with E-state index in [1.54, 1.807) is 0 Å². The van der Waals surface area contributed by atoms with Crippen LogP contribution in [0.3, 0.4) is 0 Å². The van der Waals surface area contributed by atoms with E-state index < -0.39 is 5.97 Å². The zero-order valence-corrected chi connectivity index (χ0v) is 19.1. The lowest BCUT2D eigenvalue weighted by Gasteiger charge is -2.17. The van der Waals surface area contributed by atoms with Crippen molar-refractivity contribution < 1.29 is 14.6 Å². The van der Waals surface area contributed by atoms with E-state index in [9.17, 15) is 9.90 Å². The summed E-state index contributed by atoms with van der Waals surface area (Å²) in [6, 6.07) is 19.1. The Morgan fingerprint density at radius 2 is 1.75 bits per heavy atom. The Morgan fingerprint density at radius 3 is 2.44 bits per heavy atom. The summed E-state index contributed by atoms with van der Waals surface area (Å²) in [6.07, 6.45) is 3.50. The molecule has 164 valence electrons. The number of carboxylic acid groups (broad SMARTS) is 1. The Hall–Kier alpha value is -3.07. The lowest BCUT2D eigenvalue weighted by atomic mass is 9.87. The van der Waals surface area contributed by atoms with E-state index in [-0.39, 0.29) is 17.8 Å². The zero-order chi connectivity index (χ0) is 22.5. The summed E-state index contributed by atoms with van der Waals surface area (Å²) in [7, 11) is 0. The monoisotopic (exact) mass is 426 g/mol. The fourth-order valence-corrected chi connectivity index (χ4v) is 5.70. The molecular weight excluding hydrogens is 396 g/mol. The van der Waals surface area contributed by atoms with Gasteiger partial charge in [0.25, 0.3) is 0 Å². The largest absolute Gasteiger partial charge is 0.489 e. The molecule has 2 aliphatic carbocycles. The minimum Gasteiger partial charge on any atom is -0.489 e. The van der Waals surface area contributed by atoms with E-state index in [0.29, 0.717) is 6.61 Å². The van der Waals surface area contributed by atoms with E-state index >= 15 is 0 Å². The average molecular weight is 427 g/mol. The van der Waals surface area contributed by atoms with Crippen LogP contribution >= 0.6 is 0 Å². The molecule has 1 unspecified atom stereocenters. The predicted octanol–water partition coefficient (Wildman–Crippen LogP) is 6.75. The van der Waals surface area contributed by atoms with Gasteiger partial charge in [-0.05, 0) is 102 Å². The number of fused-ring (bicyclic) bond motifs is 1. The third-order valence-electron chi connectivity index (χ3n) is 7.63. The number of hydrogen-bond acceptors (Lipinski definition) is 2. The normalized spacial score (nSPS) is 17.9. The number of carboxylic acids is 1. The van der Waals surface area contributed by atoms with Gasteiger partial charge in [-0.1, -0.05) is 42.5 Å². The molecule has 1 N–H and O–H groups in total. The smallest absolute Gasteiger partial charge is 0.303 e. The van der Waals surface area contributed by atoms with Gasteiger partial charge in [0.2, 0.25) is 0 Å². The highest BCUT2D eigenvalue weighted by Gasteiger charge is 2.54. The first kappa shape index (κ1) is 20.8. The van der Waals surface area contributed by atoms with E-state index in [0.717, 1.165) is 25.0 Å². The van der Waals surface area contributed by atoms with E-state index in [1.165, 1.54) is 44.5 Å². The highest BCUT2D eigenvalue weighted by molar-refractivity contribution is 5.74. The first-order valence-corrected chi connectivity index (χ1v) is 11.5. The number of aryl methyl sites for hydroxylation is 2. The van der Waals surface area contributed by atoms with Crippen molar-refractivity contribution in [3.8, 4) is 16.9 Å². The molecule has 3 aromatic carbocycles. The van der Waals surface area contributed by atoms with Gasteiger partial charge in [0.15, 0.2) is 0 Å². The van der Waals surface area contributed by atoms with Crippen LogP contribution in [0.4, 0.5) is 0 Å². The van der Waals surface area contributed by atoms with Crippen LogP contribution in [-0.4, -0.2) is 11.1 Å². The van der Waals surface area contributed by atoms with Crippen molar-refractivity contribution in [3.63, 3.8) is 0 Å². The van der Waals surface area contributed by atoms with Gasteiger partial charge in [0.05, 0.1) is 6.42 Å². The Balaban J connectivity index is 1.37. The highest BCUT2D eigenvalue weighted by Crippen LogP contribution is 2.64. The quantitative estimate of drug-likeness (QED) is 0.474. The number of benzene rings is 3. The average Bonchev–Trinajstić information content (AvgIpc) is 3.46. The van der Waals surface area contributed by atoms with Crippen molar-refractivity contribution in [3.05, 3.63) is 88.0 Å². The van der Waals surface area contributed by atoms with Crippen LogP contribution in [0.1, 0.15) is 58.6 Å². The molecule has 0 radical (unpaired) electrons. The van der Waals surface area contributed by atoms with Crippen LogP contribution < -0.4 is 4.74 Å². The molecule has 1 saturated carbocycles. The van der Waals surface area contributed by atoms with Gasteiger partial charge in [0.1, 0.15) is 12.4 Å². The SMILES string of the molecule is Cc1cccc(C)c1-c1cccc(COc2ccc3c(c2)CC2(CC2)C3CC(=O)O)c1C. The van der Waals surface area contributed by atoms with E-state index in [1.807, 2.05) is 6.07 Å². The van der Waals surface area contributed by atoms with Gasteiger partial charge in [-0.3, -0.25) is 4.79 Å². The first-order chi connectivity index (χ1) is 15.4. The van der Waals surface area contributed by atoms with Crippen LogP contribution in [0, 0.1) is 26.2 Å². The van der Waals surface area contributed by atoms with Crippen molar-refractivity contribution in [2.24, 2.45) is 5.41 Å². The van der Waals surface area contributed by atoms with Gasteiger partial charge < -0.3 is 9.84 Å². The summed E-state index contributed by atoms with van der Waals surface area (Å²) < 4.78 is 6.24. The lowest BCUT2D eigenvalue weighted by molar-refractivity contribution is -0.137. The van der Waals surface area contributed by atoms with E-state index in [2.05, 4.69) is 69.3 Å². The fourth-order valence-electron chi connectivity index (χ4n) is 5.70.